The van der Waals surface area contributed by atoms with E-state index in [0.717, 1.165) is 22.2 Å². The first kappa shape index (κ1) is 12.4. The average molecular weight is 265 g/mol. The fourth-order valence-electron chi connectivity index (χ4n) is 2.18. The highest BCUT2D eigenvalue weighted by Crippen LogP contribution is 2.25. The zero-order valence-electron chi connectivity index (χ0n) is 11.2. The van der Waals surface area contributed by atoms with E-state index in [1.165, 1.54) is 5.56 Å². The minimum Gasteiger partial charge on any atom is -0.508 e. The Morgan fingerprint density at radius 3 is 2.90 bits per heavy atom. The summed E-state index contributed by atoms with van der Waals surface area (Å²) in [6.07, 6.45) is 5.40. The van der Waals surface area contributed by atoms with Crippen molar-refractivity contribution >= 4 is 16.6 Å². The Balaban J connectivity index is 1.91. The van der Waals surface area contributed by atoms with Gasteiger partial charge in [-0.2, -0.15) is 0 Å². The molecule has 0 amide bonds. The third-order valence-electron chi connectivity index (χ3n) is 3.33. The van der Waals surface area contributed by atoms with Gasteiger partial charge in [-0.25, -0.2) is 4.98 Å². The number of benzene rings is 1. The molecule has 0 radical (unpaired) electrons. The van der Waals surface area contributed by atoms with Crippen molar-refractivity contribution in [3.63, 3.8) is 0 Å². The lowest BCUT2D eigenvalue weighted by atomic mass is 10.1. The van der Waals surface area contributed by atoms with Crippen LogP contribution in [-0.2, 0) is 6.54 Å². The molecule has 2 heterocycles. The lowest BCUT2D eigenvalue weighted by Crippen LogP contribution is -2.03. The summed E-state index contributed by atoms with van der Waals surface area (Å²) in [4.78, 5) is 8.44. The van der Waals surface area contributed by atoms with Crippen LogP contribution in [0.5, 0.6) is 5.75 Å². The van der Waals surface area contributed by atoms with Crippen LogP contribution in [0, 0.1) is 6.92 Å². The largest absolute Gasteiger partial charge is 0.508 e. The fourth-order valence-corrected chi connectivity index (χ4v) is 2.18. The van der Waals surface area contributed by atoms with Crippen molar-refractivity contribution in [3.8, 4) is 5.75 Å². The number of aryl methyl sites for hydroxylation is 1. The molecule has 1 aromatic carbocycles. The van der Waals surface area contributed by atoms with Gasteiger partial charge in [0.05, 0.1) is 0 Å². The molecule has 0 spiro atoms. The van der Waals surface area contributed by atoms with Gasteiger partial charge in [-0.15, -0.1) is 0 Å². The van der Waals surface area contributed by atoms with E-state index < -0.39 is 0 Å². The first-order valence-electron chi connectivity index (χ1n) is 6.45. The SMILES string of the molecule is Cc1cnccc1CNc1nccc2ccc(O)cc12. The Morgan fingerprint density at radius 1 is 1.15 bits per heavy atom. The minimum atomic E-state index is 0.244. The van der Waals surface area contributed by atoms with Crippen LogP contribution in [-0.4, -0.2) is 15.1 Å². The molecule has 4 heteroatoms. The molecular weight excluding hydrogens is 250 g/mol. The number of phenolic OH excluding ortho intramolecular Hbond substituents is 1. The van der Waals surface area contributed by atoms with Gasteiger partial charge < -0.3 is 10.4 Å². The molecule has 3 rings (SSSR count). The summed E-state index contributed by atoms with van der Waals surface area (Å²) in [6, 6.07) is 9.21. The van der Waals surface area contributed by atoms with Crippen molar-refractivity contribution in [2.75, 3.05) is 5.32 Å². The molecule has 20 heavy (non-hydrogen) atoms. The number of hydrogen-bond donors (Lipinski definition) is 2. The van der Waals surface area contributed by atoms with Gasteiger partial charge in [0, 0.05) is 30.5 Å². The number of nitrogens with one attached hydrogen (secondary N) is 1. The maximum absolute atomic E-state index is 9.62. The van der Waals surface area contributed by atoms with Crippen LogP contribution in [0.2, 0.25) is 0 Å². The molecule has 3 aromatic rings. The van der Waals surface area contributed by atoms with Gasteiger partial charge in [0.1, 0.15) is 11.6 Å². The number of phenols is 1. The normalized spacial score (nSPS) is 10.7. The van der Waals surface area contributed by atoms with Crippen molar-refractivity contribution < 1.29 is 5.11 Å². The molecule has 0 saturated carbocycles. The van der Waals surface area contributed by atoms with Gasteiger partial charge in [0.25, 0.3) is 0 Å². The van der Waals surface area contributed by atoms with Crippen LogP contribution in [0.25, 0.3) is 10.8 Å². The Bertz CT molecular complexity index is 756. The van der Waals surface area contributed by atoms with Crippen LogP contribution in [0.4, 0.5) is 5.82 Å². The molecule has 0 fully saturated rings. The number of anilines is 1. The number of hydrogen-bond acceptors (Lipinski definition) is 4. The molecule has 0 aliphatic rings. The average Bonchev–Trinajstić information content (AvgIpc) is 2.46. The maximum atomic E-state index is 9.62. The first-order valence-corrected chi connectivity index (χ1v) is 6.45. The smallest absolute Gasteiger partial charge is 0.134 e. The van der Waals surface area contributed by atoms with Crippen molar-refractivity contribution in [2.45, 2.75) is 13.5 Å². The summed E-state index contributed by atoms with van der Waals surface area (Å²) in [5, 5.41) is 14.9. The van der Waals surface area contributed by atoms with E-state index in [2.05, 4.69) is 15.3 Å². The van der Waals surface area contributed by atoms with Crippen molar-refractivity contribution in [1.82, 2.24) is 9.97 Å². The van der Waals surface area contributed by atoms with Crippen LogP contribution < -0.4 is 5.32 Å². The summed E-state index contributed by atoms with van der Waals surface area (Å²) in [5.74, 6) is 1.02. The van der Waals surface area contributed by atoms with E-state index in [4.69, 9.17) is 0 Å². The molecule has 2 aromatic heterocycles. The van der Waals surface area contributed by atoms with Gasteiger partial charge in [-0.3, -0.25) is 4.98 Å². The van der Waals surface area contributed by atoms with Gasteiger partial charge in [0.15, 0.2) is 0 Å². The zero-order chi connectivity index (χ0) is 13.9. The lowest BCUT2D eigenvalue weighted by molar-refractivity contribution is 0.476. The molecule has 0 atom stereocenters. The number of pyridine rings is 2. The van der Waals surface area contributed by atoms with Crippen molar-refractivity contribution in [1.29, 1.82) is 0 Å². The second-order valence-electron chi connectivity index (χ2n) is 4.72. The number of fused-ring (bicyclic) bond motifs is 1. The van der Waals surface area contributed by atoms with Gasteiger partial charge in [-0.05, 0) is 47.7 Å². The van der Waals surface area contributed by atoms with E-state index >= 15 is 0 Å². The molecule has 0 aliphatic heterocycles. The molecule has 0 aliphatic carbocycles. The second-order valence-corrected chi connectivity index (χ2v) is 4.72. The predicted octanol–water partition coefficient (Wildman–Crippen LogP) is 3.26. The highest BCUT2D eigenvalue weighted by Gasteiger charge is 2.04. The molecular formula is C16H15N3O. The number of aromatic nitrogens is 2. The van der Waals surface area contributed by atoms with Gasteiger partial charge >= 0.3 is 0 Å². The molecule has 100 valence electrons. The molecule has 0 saturated heterocycles. The van der Waals surface area contributed by atoms with E-state index in [0.29, 0.717) is 6.54 Å². The first-order chi connectivity index (χ1) is 9.74. The van der Waals surface area contributed by atoms with Crippen LogP contribution in [0.15, 0.2) is 48.9 Å². The quantitative estimate of drug-likeness (QED) is 0.763. The highest BCUT2D eigenvalue weighted by atomic mass is 16.3. The Morgan fingerprint density at radius 2 is 2.05 bits per heavy atom. The Kier molecular flexibility index (Phi) is 3.21. The van der Waals surface area contributed by atoms with Crippen LogP contribution in [0.3, 0.4) is 0 Å². The second kappa shape index (κ2) is 5.17. The standard InChI is InChI=1S/C16H15N3O/c1-11-9-17-6-4-13(11)10-19-16-15-8-14(20)3-2-12(15)5-7-18-16/h2-9,20H,10H2,1H3,(H,18,19). The molecule has 2 N–H and O–H groups in total. The van der Waals surface area contributed by atoms with Crippen LogP contribution in [0.1, 0.15) is 11.1 Å². The van der Waals surface area contributed by atoms with E-state index in [-0.39, 0.29) is 5.75 Å². The summed E-state index contributed by atoms with van der Waals surface area (Å²) in [7, 11) is 0. The van der Waals surface area contributed by atoms with Gasteiger partial charge in [-0.1, -0.05) is 6.07 Å². The summed E-state index contributed by atoms with van der Waals surface area (Å²) >= 11 is 0. The minimum absolute atomic E-state index is 0.244. The van der Waals surface area contributed by atoms with E-state index in [9.17, 15) is 5.11 Å². The molecule has 0 unspecified atom stereocenters. The lowest BCUT2D eigenvalue weighted by Gasteiger charge is -2.10. The highest BCUT2D eigenvalue weighted by molar-refractivity contribution is 5.92. The monoisotopic (exact) mass is 265 g/mol. The Labute approximate surface area is 117 Å². The van der Waals surface area contributed by atoms with Crippen molar-refractivity contribution in [3.05, 3.63) is 60.0 Å². The van der Waals surface area contributed by atoms with Crippen LogP contribution >= 0.6 is 0 Å². The summed E-state index contributed by atoms with van der Waals surface area (Å²) in [6.45, 7) is 2.71. The predicted molar refractivity (Wildman–Crippen MR) is 79.7 cm³/mol. The topological polar surface area (TPSA) is 58.0 Å². The fraction of sp³-hybridized carbons (Fsp3) is 0.125. The number of nitrogens with zero attached hydrogens (tertiary/aromatic N) is 2. The maximum Gasteiger partial charge on any atom is 0.134 e. The summed E-state index contributed by atoms with van der Waals surface area (Å²) in [5.41, 5.74) is 2.32. The van der Waals surface area contributed by atoms with Gasteiger partial charge in [0.2, 0.25) is 0 Å². The van der Waals surface area contributed by atoms with E-state index in [1.807, 2.05) is 31.3 Å². The molecule has 4 nitrogen and oxygen atoms in total. The third-order valence-corrected chi connectivity index (χ3v) is 3.33. The number of rotatable bonds is 3. The van der Waals surface area contributed by atoms with E-state index in [1.54, 1.807) is 24.5 Å². The third kappa shape index (κ3) is 2.40. The Hall–Kier alpha value is -2.62. The number of aromatic hydroxyl groups is 1. The molecule has 0 bridgehead atoms. The summed E-state index contributed by atoms with van der Waals surface area (Å²) < 4.78 is 0. The zero-order valence-corrected chi connectivity index (χ0v) is 11.2. The van der Waals surface area contributed by atoms with Crippen molar-refractivity contribution in [2.24, 2.45) is 0 Å².